The van der Waals surface area contributed by atoms with Crippen LogP contribution in [-0.4, -0.2) is 25.8 Å². The predicted octanol–water partition coefficient (Wildman–Crippen LogP) is 3.48. The summed E-state index contributed by atoms with van der Waals surface area (Å²) in [4.78, 5) is 1.42. The first-order valence-electron chi connectivity index (χ1n) is 6.71. The third kappa shape index (κ3) is 6.81. The molecule has 0 saturated heterocycles. The molecule has 0 fully saturated rings. The number of hydrogen-bond acceptors (Lipinski definition) is 3. The molecule has 0 aromatic carbocycles. The molecule has 0 spiro atoms. The molecule has 0 amide bonds. The van der Waals surface area contributed by atoms with Crippen LogP contribution in [0.2, 0.25) is 0 Å². The number of hydrogen-bond donors (Lipinski definition) is 1. The molecule has 98 valence electrons. The summed E-state index contributed by atoms with van der Waals surface area (Å²) in [5, 5.41) is 5.57. The van der Waals surface area contributed by atoms with Crippen molar-refractivity contribution >= 4 is 11.3 Å². The molecule has 1 atom stereocenters. The standard InChI is InChI=1S/C14H25NOS/c1-3-6-13(12-15-9-4-2)16-10-8-14-7-5-11-17-14/h5,7,11,13,15H,3-4,6,8-10,12H2,1-2H3. The van der Waals surface area contributed by atoms with Gasteiger partial charge in [0.15, 0.2) is 0 Å². The fourth-order valence-corrected chi connectivity index (χ4v) is 2.48. The van der Waals surface area contributed by atoms with Crippen molar-refractivity contribution in [1.29, 1.82) is 0 Å². The SMILES string of the molecule is CCCNCC(CCC)OCCc1cccs1. The molecule has 0 aliphatic heterocycles. The van der Waals surface area contributed by atoms with Crippen molar-refractivity contribution in [2.45, 2.75) is 45.6 Å². The maximum atomic E-state index is 5.95. The third-order valence-corrected chi connectivity index (χ3v) is 3.63. The fraction of sp³-hybridized carbons (Fsp3) is 0.714. The van der Waals surface area contributed by atoms with Crippen LogP contribution in [0.3, 0.4) is 0 Å². The van der Waals surface area contributed by atoms with Crippen LogP contribution in [0.1, 0.15) is 38.0 Å². The molecule has 1 heterocycles. The lowest BCUT2D eigenvalue weighted by atomic mass is 10.2. The smallest absolute Gasteiger partial charge is 0.0699 e. The van der Waals surface area contributed by atoms with Crippen molar-refractivity contribution in [2.24, 2.45) is 0 Å². The summed E-state index contributed by atoms with van der Waals surface area (Å²) in [5.74, 6) is 0. The Morgan fingerprint density at radius 1 is 1.35 bits per heavy atom. The van der Waals surface area contributed by atoms with Gasteiger partial charge in [-0.3, -0.25) is 0 Å². The molecule has 0 aliphatic carbocycles. The molecule has 0 aliphatic rings. The van der Waals surface area contributed by atoms with Crippen LogP contribution < -0.4 is 5.32 Å². The molecular weight excluding hydrogens is 230 g/mol. The summed E-state index contributed by atoms with van der Waals surface area (Å²) in [6.45, 7) is 7.34. The van der Waals surface area contributed by atoms with E-state index in [1.165, 1.54) is 17.7 Å². The molecule has 3 heteroatoms. The maximum Gasteiger partial charge on any atom is 0.0699 e. The van der Waals surface area contributed by atoms with E-state index >= 15 is 0 Å². The quantitative estimate of drug-likeness (QED) is 0.646. The monoisotopic (exact) mass is 255 g/mol. The average Bonchev–Trinajstić information content (AvgIpc) is 2.82. The Bertz CT molecular complexity index is 261. The topological polar surface area (TPSA) is 21.3 Å². The Morgan fingerprint density at radius 2 is 2.24 bits per heavy atom. The summed E-state index contributed by atoms with van der Waals surface area (Å²) >= 11 is 1.81. The van der Waals surface area contributed by atoms with Crippen LogP contribution in [-0.2, 0) is 11.2 Å². The highest BCUT2D eigenvalue weighted by atomic mass is 32.1. The number of thiophene rings is 1. The first-order chi connectivity index (χ1) is 8.36. The minimum absolute atomic E-state index is 0.381. The molecule has 0 bridgehead atoms. The van der Waals surface area contributed by atoms with E-state index in [1.54, 1.807) is 0 Å². The molecule has 1 unspecified atom stereocenters. The highest BCUT2D eigenvalue weighted by Gasteiger charge is 2.07. The summed E-state index contributed by atoms with van der Waals surface area (Å²) in [5.41, 5.74) is 0. The third-order valence-electron chi connectivity index (χ3n) is 2.69. The number of nitrogens with one attached hydrogen (secondary N) is 1. The van der Waals surface area contributed by atoms with Gasteiger partial charge in [-0.1, -0.05) is 26.3 Å². The first-order valence-corrected chi connectivity index (χ1v) is 7.59. The normalized spacial score (nSPS) is 12.8. The Balaban J connectivity index is 2.14. The highest BCUT2D eigenvalue weighted by Crippen LogP contribution is 2.10. The zero-order valence-corrected chi connectivity index (χ0v) is 11.9. The van der Waals surface area contributed by atoms with E-state index in [1.807, 2.05) is 11.3 Å². The maximum absolute atomic E-state index is 5.95. The van der Waals surface area contributed by atoms with Crippen molar-refractivity contribution in [3.63, 3.8) is 0 Å². The van der Waals surface area contributed by atoms with E-state index in [9.17, 15) is 0 Å². The summed E-state index contributed by atoms with van der Waals surface area (Å²) < 4.78 is 5.95. The second-order valence-corrected chi connectivity index (χ2v) is 5.35. The van der Waals surface area contributed by atoms with Gasteiger partial charge in [-0.05, 0) is 30.8 Å². The van der Waals surface area contributed by atoms with Crippen LogP contribution >= 0.6 is 11.3 Å². The Hall–Kier alpha value is -0.380. The van der Waals surface area contributed by atoms with Gasteiger partial charge < -0.3 is 10.1 Å². The second kappa shape index (κ2) is 9.63. The van der Waals surface area contributed by atoms with Crippen molar-refractivity contribution in [1.82, 2.24) is 5.32 Å². The zero-order chi connectivity index (χ0) is 12.3. The van der Waals surface area contributed by atoms with Gasteiger partial charge in [-0.15, -0.1) is 11.3 Å². The lowest BCUT2D eigenvalue weighted by Gasteiger charge is -2.17. The molecule has 2 nitrogen and oxygen atoms in total. The van der Waals surface area contributed by atoms with Crippen molar-refractivity contribution in [3.05, 3.63) is 22.4 Å². The second-order valence-electron chi connectivity index (χ2n) is 4.31. The van der Waals surface area contributed by atoms with Crippen LogP contribution in [0, 0.1) is 0 Å². The van der Waals surface area contributed by atoms with Gasteiger partial charge in [-0.2, -0.15) is 0 Å². The highest BCUT2D eigenvalue weighted by molar-refractivity contribution is 7.09. The lowest BCUT2D eigenvalue weighted by Crippen LogP contribution is -2.30. The van der Waals surface area contributed by atoms with Gasteiger partial charge in [0, 0.05) is 17.8 Å². The first kappa shape index (κ1) is 14.7. The van der Waals surface area contributed by atoms with Crippen molar-refractivity contribution < 1.29 is 4.74 Å². The lowest BCUT2D eigenvalue weighted by molar-refractivity contribution is 0.0495. The van der Waals surface area contributed by atoms with Crippen LogP contribution in [0.15, 0.2) is 17.5 Å². The summed E-state index contributed by atoms with van der Waals surface area (Å²) in [7, 11) is 0. The van der Waals surface area contributed by atoms with Crippen molar-refractivity contribution in [2.75, 3.05) is 19.7 Å². The summed E-state index contributed by atoms with van der Waals surface area (Å²) in [6.07, 6.45) is 4.96. The van der Waals surface area contributed by atoms with Crippen LogP contribution in [0.25, 0.3) is 0 Å². The van der Waals surface area contributed by atoms with Gasteiger partial charge in [0.05, 0.1) is 12.7 Å². The van der Waals surface area contributed by atoms with Gasteiger partial charge in [0.2, 0.25) is 0 Å². The van der Waals surface area contributed by atoms with E-state index in [0.717, 1.165) is 32.5 Å². The average molecular weight is 255 g/mol. The molecule has 1 aromatic rings. The minimum atomic E-state index is 0.381. The van der Waals surface area contributed by atoms with E-state index in [2.05, 4.69) is 36.7 Å². The number of rotatable bonds is 10. The molecule has 1 rings (SSSR count). The van der Waals surface area contributed by atoms with Gasteiger partial charge >= 0.3 is 0 Å². The van der Waals surface area contributed by atoms with Crippen LogP contribution in [0.4, 0.5) is 0 Å². The largest absolute Gasteiger partial charge is 0.377 e. The Labute approximate surface area is 109 Å². The molecular formula is C14H25NOS. The summed E-state index contributed by atoms with van der Waals surface area (Å²) in [6, 6.07) is 4.28. The van der Waals surface area contributed by atoms with E-state index in [-0.39, 0.29) is 0 Å². The van der Waals surface area contributed by atoms with Crippen LogP contribution in [0.5, 0.6) is 0 Å². The molecule has 17 heavy (non-hydrogen) atoms. The van der Waals surface area contributed by atoms with E-state index < -0.39 is 0 Å². The number of ether oxygens (including phenoxy) is 1. The van der Waals surface area contributed by atoms with Gasteiger partial charge in [-0.25, -0.2) is 0 Å². The van der Waals surface area contributed by atoms with Gasteiger partial charge in [0.1, 0.15) is 0 Å². The molecule has 0 radical (unpaired) electrons. The van der Waals surface area contributed by atoms with Crippen molar-refractivity contribution in [3.8, 4) is 0 Å². The minimum Gasteiger partial charge on any atom is -0.377 e. The van der Waals surface area contributed by atoms with E-state index in [4.69, 9.17) is 4.74 Å². The molecule has 1 N–H and O–H groups in total. The predicted molar refractivity (Wildman–Crippen MR) is 75.8 cm³/mol. The fourth-order valence-electron chi connectivity index (χ4n) is 1.79. The zero-order valence-electron chi connectivity index (χ0n) is 11.1. The Morgan fingerprint density at radius 3 is 2.88 bits per heavy atom. The van der Waals surface area contributed by atoms with Gasteiger partial charge in [0.25, 0.3) is 0 Å². The molecule has 1 aromatic heterocycles. The molecule has 0 saturated carbocycles. The Kier molecular flexibility index (Phi) is 8.32. The van der Waals surface area contributed by atoms with E-state index in [0.29, 0.717) is 6.10 Å².